The zero-order valence-corrected chi connectivity index (χ0v) is 19.4. The quantitative estimate of drug-likeness (QED) is 0.268. The fourth-order valence-electron chi connectivity index (χ4n) is 3.71. The van der Waals surface area contributed by atoms with Crippen molar-refractivity contribution in [3.63, 3.8) is 0 Å². The standard InChI is InChI=1S/C22H25N3O8S/c1-15(25-19(26)13-24(2)21(25)28)12-22(29,20(27)23-30)14-34(31,32)18-10-8-17(9-11-18)33-16-6-4-3-5-7-16/h3-11,15,29-30H,12-14H2,1-2H3,(H,23,27). The zero-order chi connectivity index (χ0) is 25.1. The summed E-state index contributed by atoms with van der Waals surface area (Å²) < 4.78 is 31.6. The Labute approximate surface area is 196 Å². The number of hydrogen-bond acceptors (Lipinski definition) is 8. The number of amides is 4. The average Bonchev–Trinajstić information content (AvgIpc) is 3.04. The molecular formula is C22H25N3O8S. The summed E-state index contributed by atoms with van der Waals surface area (Å²) in [6.07, 6.45) is -0.612. The van der Waals surface area contributed by atoms with Gasteiger partial charge in [0.05, 0.1) is 10.6 Å². The molecule has 1 aliphatic rings. The molecule has 4 amide bonds. The number of likely N-dealkylation sites (N-methyl/N-ethyl adjacent to an activating group) is 1. The summed E-state index contributed by atoms with van der Waals surface area (Å²) in [5.74, 6) is -2.10. The number of carbonyl (C=O) groups is 3. The first-order valence-corrected chi connectivity index (χ1v) is 11.9. The molecule has 3 N–H and O–H groups in total. The number of hydroxylamine groups is 1. The van der Waals surface area contributed by atoms with E-state index in [1.807, 2.05) is 6.07 Å². The molecule has 0 aromatic heterocycles. The molecule has 34 heavy (non-hydrogen) atoms. The SMILES string of the molecule is CC(CC(O)(CS(=O)(=O)c1ccc(Oc2ccccc2)cc1)C(=O)NO)N1C(=O)CN(C)C1=O. The van der Waals surface area contributed by atoms with E-state index in [1.165, 1.54) is 43.7 Å². The van der Waals surface area contributed by atoms with E-state index in [1.54, 1.807) is 24.3 Å². The van der Waals surface area contributed by atoms with Crippen LogP contribution in [0.3, 0.4) is 0 Å². The van der Waals surface area contributed by atoms with Crippen LogP contribution in [0.4, 0.5) is 4.79 Å². The van der Waals surface area contributed by atoms with Crippen LogP contribution in [-0.2, 0) is 19.4 Å². The molecule has 0 bridgehead atoms. The van der Waals surface area contributed by atoms with E-state index in [4.69, 9.17) is 9.94 Å². The summed E-state index contributed by atoms with van der Waals surface area (Å²) in [5, 5.41) is 20.1. The lowest BCUT2D eigenvalue weighted by atomic mass is 9.96. The van der Waals surface area contributed by atoms with Gasteiger partial charge in [0.15, 0.2) is 15.4 Å². The van der Waals surface area contributed by atoms with Crippen molar-refractivity contribution in [2.75, 3.05) is 19.3 Å². The Hall–Kier alpha value is -3.48. The molecule has 2 aromatic rings. The van der Waals surface area contributed by atoms with Crippen LogP contribution in [0, 0.1) is 0 Å². The van der Waals surface area contributed by atoms with Gasteiger partial charge < -0.3 is 14.7 Å². The summed E-state index contributed by atoms with van der Waals surface area (Å²) in [4.78, 5) is 38.4. The average molecular weight is 492 g/mol. The minimum absolute atomic E-state index is 0.177. The number of urea groups is 1. The molecule has 12 heteroatoms. The number of nitrogens with one attached hydrogen (secondary N) is 1. The minimum atomic E-state index is -4.25. The second kappa shape index (κ2) is 9.79. The van der Waals surface area contributed by atoms with Crippen LogP contribution in [0.2, 0.25) is 0 Å². The van der Waals surface area contributed by atoms with Crippen LogP contribution in [-0.4, -0.2) is 77.4 Å². The van der Waals surface area contributed by atoms with Crippen molar-refractivity contribution in [2.24, 2.45) is 0 Å². The predicted molar refractivity (Wildman–Crippen MR) is 119 cm³/mol. The van der Waals surface area contributed by atoms with Crippen molar-refractivity contribution in [1.29, 1.82) is 0 Å². The van der Waals surface area contributed by atoms with Gasteiger partial charge in [-0.25, -0.2) is 18.7 Å². The van der Waals surface area contributed by atoms with Gasteiger partial charge in [-0.1, -0.05) is 18.2 Å². The number of rotatable bonds is 9. The number of hydrogen-bond donors (Lipinski definition) is 3. The van der Waals surface area contributed by atoms with E-state index in [0.29, 0.717) is 11.5 Å². The molecule has 1 saturated heterocycles. The molecule has 0 radical (unpaired) electrons. The minimum Gasteiger partial charge on any atom is -0.457 e. The van der Waals surface area contributed by atoms with Gasteiger partial charge in [0.1, 0.15) is 18.0 Å². The number of nitrogens with zero attached hydrogens (tertiary/aromatic N) is 2. The maximum atomic E-state index is 13.0. The third-order valence-corrected chi connectivity index (χ3v) is 7.21. The van der Waals surface area contributed by atoms with Crippen molar-refractivity contribution in [3.8, 4) is 11.5 Å². The number of benzene rings is 2. The number of ether oxygens (including phenoxy) is 1. The molecule has 1 fully saturated rings. The van der Waals surface area contributed by atoms with Gasteiger partial charge in [-0.05, 0) is 43.3 Å². The highest BCUT2D eigenvalue weighted by Gasteiger charge is 2.46. The lowest BCUT2D eigenvalue weighted by Gasteiger charge is -2.31. The van der Waals surface area contributed by atoms with E-state index in [0.717, 1.165) is 9.80 Å². The smallest absolute Gasteiger partial charge is 0.327 e. The number of para-hydroxylation sites is 1. The van der Waals surface area contributed by atoms with Crippen LogP contribution in [0.5, 0.6) is 11.5 Å². The van der Waals surface area contributed by atoms with Crippen molar-refractivity contribution in [3.05, 3.63) is 54.6 Å². The summed E-state index contributed by atoms with van der Waals surface area (Å²) in [5.41, 5.74) is -1.36. The number of imide groups is 1. The normalized spacial score (nSPS) is 16.8. The molecule has 1 heterocycles. The van der Waals surface area contributed by atoms with E-state index >= 15 is 0 Å². The van der Waals surface area contributed by atoms with Gasteiger partial charge >= 0.3 is 6.03 Å². The predicted octanol–water partition coefficient (Wildman–Crippen LogP) is 1.16. The molecule has 2 atom stereocenters. The van der Waals surface area contributed by atoms with Gasteiger partial charge in [-0.2, -0.15) is 0 Å². The van der Waals surface area contributed by atoms with Crippen LogP contribution in [0.25, 0.3) is 0 Å². The highest BCUT2D eigenvalue weighted by molar-refractivity contribution is 7.91. The van der Waals surface area contributed by atoms with E-state index in [-0.39, 0.29) is 11.4 Å². The van der Waals surface area contributed by atoms with Crippen molar-refractivity contribution >= 4 is 27.7 Å². The lowest BCUT2D eigenvalue weighted by Crippen LogP contribution is -2.55. The monoisotopic (exact) mass is 491 g/mol. The molecule has 0 aliphatic carbocycles. The molecule has 1 aliphatic heterocycles. The fraction of sp³-hybridized carbons (Fsp3) is 0.318. The second-order valence-electron chi connectivity index (χ2n) is 8.07. The van der Waals surface area contributed by atoms with Crippen LogP contribution >= 0.6 is 0 Å². The molecule has 3 rings (SSSR count). The third-order valence-electron chi connectivity index (χ3n) is 5.36. The van der Waals surface area contributed by atoms with Crippen LogP contribution in [0.15, 0.2) is 59.5 Å². The fourth-order valence-corrected chi connectivity index (χ4v) is 5.31. The van der Waals surface area contributed by atoms with Crippen LogP contribution < -0.4 is 10.2 Å². The molecule has 2 unspecified atom stereocenters. The summed E-state index contributed by atoms with van der Waals surface area (Å²) in [6.45, 7) is 1.22. The first-order valence-electron chi connectivity index (χ1n) is 10.3. The van der Waals surface area contributed by atoms with Gasteiger partial charge in [-0.15, -0.1) is 0 Å². The highest BCUT2D eigenvalue weighted by atomic mass is 32.2. The van der Waals surface area contributed by atoms with Crippen molar-refractivity contribution in [2.45, 2.75) is 29.9 Å². The van der Waals surface area contributed by atoms with Gasteiger partial charge in [-0.3, -0.25) is 19.7 Å². The van der Waals surface area contributed by atoms with Crippen molar-refractivity contribution in [1.82, 2.24) is 15.3 Å². The van der Waals surface area contributed by atoms with Gasteiger partial charge in [0.25, 0.3) is 11.8 Å². The number of sulfone groups is 1. The second-order valence-corrected chi connectivity index (χ2v) is 10.1. The first-order chi connectivity index (χ1) is 16.0. The lowest BCUT2D eigenvalue weighted by molar-refractivity contribution is -0.149. The molecule has 0 spiro atoms. The summed E-state index contributed by atoms with van der Waals surface area (Å²) in [6, 6.07) is 12.5. The van der Waals surface area contributed by atoms with E-state index in [9.17, 15) is 27.9 Å². The molecule has 11 nitrogen and oxygen atoms in total. The summed E-state index contributed by atoms with van der Waals surface area (Å²) >= 11 is 0. The Morgan fingerprint density at radius 3 is 2.24 bits per heavy atom. The topological polar surface area (TPSA) is 154 Å². The highest BCUT2D eigenvalue weighted by Crippen LogP contribution is 2.27. The number of carbonyl (C=O) groups excluding carboxylic acids is 3. The largest absolute Gasteiger partial charge is 0.457 e. The Kier molecular flexibility index (Phi) is 7.24. The Balaban J connectivity index is 1.80. The van der Waals surface area contributed by atoms with Gasteiger partial charge in [0.2, 0.25) is 0 Å². The Morgan fingerprint density at radius 2 is 1.71 bits per heavy atom. The molecule has 182 valence electrons. The number of aliphatic hydroxyl groups is 1. The zero-order valence-electron chi connectivity index (χ0n) is 18.5. The van der Waals surface area contributed by atoms with Crippen LogP contribution in [0.1, 0.15) is 13.3 Å². The van der Waals surface area contributed by atoms with Crippen molar-refractivity contribution < 1.29 is 37.9 Å². The molecular weight excluding hydrogens is 466 g/mol. The maximum absolute atomic E-state index is 13.0. The Bertz CT molecular complexity index is 1170. The maximum Gasteiger partial charge on any atom is 0.327 e. The third kappa shape index (κ3) is 5.35. The first kappa shape index (κ1) is 25.1. The summed E-state index contributed by atoms with van der Waals surface area (Å²) in [7, 11) is -2.83. The molecule has 2 aromatic carbocycles. The van der Waals surface area contributed by atoms with E-state index < -0.39 is 51.5 Å². The van der Waals surface area contributed by atoms with Gasteiger partial charge in [0, 0.05) is 19.5 Å². The molecule has 0 saturated carbocycles. The van der Waals surface area contributed by atoms with E-state index in [2.05, 4.69) is 0 Å². The Morgan fingerprint density at radius 1 is 1.12 bits per heavy atom.